The van der Waals surface area contributed by atoms with Crippen molar-refractivity contribution in [3.05, 3.63) is 47.8 Å². The van der Waals surface area contributed by atoms with Gasteiger partial charge in [-0.3, -0.25) is 5.01 Å². The summed E-state index contributed by atoms with van der Waals surface area (Å²) in [4.78, 5) is 4.06. The lowest BCUT2D eigenvalue weighted by Gasteiger charge is -2.29. The van der Waals surface area contributed by atoms with E-state index in [1.54, 1.807) is 12.3 Å². The molecule has 24 heavy (non-hydrogen) atoms. The predicted molar refractivity (Wildman–Crippen MR) is 90.3 cm³/mol. The van der Waals surface area contributed by atoms with Crippen molar-refractivity contribution in [1.29, 1.82) is 5.26 Å². The van der Waals surface area contributed by atoms with Crippen LogP contribution in [0.25, 0.3) is 0 Å². The number of allylic oxidation sites excluding steroid dienone is 1. The first kappa shape index (κ1) is 16.1. The lowest BCUT2D eigenvalue weighted by atomic mass is 10.3. The van der Waals surface area contributed by atoms with Gasteiger partial charge in [0.05, 0.1) is 30.3 Å². The molecule has 0 aliphatic carbocycles. The highest BCUT2D eigenvalue weighted by Crippen LogP contribution is 2.14. The summed E-state index contributed by atoms with van der Waals surface area (Å²) in [5, 5.41) is 20.6. The molecule has 0 saturated carbocycles. The third-order valence-corrected chi connectivity index (χ3v) is 3.76. The smallest absolute Gasteiger partial charge is 0.140 e. The molecule has 0 unspecified atom stereocenters. The van der Waals surface area contributed by atoms with Crippen molar-refractivity contribution < 1.29 is 4.74 Å². The molecule has 0 spiro atoms. The van der Waals surface area contributed by atoms with E-state index in [-0.39, 0.29) is 6.10 Å². The van der Waals surface area contributed by atoms with Gasteiger partial charge in [-0.25, -0.2) is 4.98 Å². The van der Waals surface area contributed by atoms with Crippen LogP contribution in [0.5, 0.6) is 0 Å². The molecule has 1 atom stereocenters. The van der Waals surface area contributed by atoms with E-state index in [1.165, 1.54) is 0 Å². The van der Waals surface area contributed by atoms with Crippen LogP contribution in [0.3, 0.4) is 0 Å². The van der Waals surface area contributed by atoms with Crippen LogP contribution in [0.15, 0.2) is 42.1 Å². The highest BCUT2D eigenvalue weighted by Gasteiger charge is 2.15. The summed E-state index contributed by atoms with van der Waals surface area (Å²) < 4.78 is 5.68. The van der Waals surface area contributed by atoms with Gasteiger partial charge in [0.1, 0.15) is 17.6 Å². The quantitative estimate of drug-likeness (QED) is 0.604. The van der Waals surface area contributed by atoms with Gasteiger partial charge in [-0.2, -0.15) is 5.26 Å². The highest BCUT2D eigenvalue weighted by atomic mass is 16.5. The SMILES string of the molecule is CN1NC=C(NC[C@H]2CNCCO2)C=C1Nc1ccc(C#N)nc1. The molecular formula is C16H21N7O. The minimum absolute atomic E-state index is 0.173. The molecule has 2 aliphatic rings. The molecule has 3 heterocycles. The molecule has 1 saturated heterocycles. The molecule has 2 aliphatic heterocycles. The number of hydrazine groups is 1. The maximum absolute atomic E-state index is 8.80. The zero-order valence-corrected chi connectivity index (χ0v) is 13.5. The van der Waals surface area contributed by atoms with Crippen LogP contribution in [0.4, 0.5) is 5.69 Å². The van der Waals surface area contributed by atoms with Gasteiger partial charge in [0.15, 0.2) is 0 Å². The molecule has 1 aromatic rings. The minimum Gasteiger partial charge on any atom is -0.381 e. The Morgan fingerprint density at radius 1 is 1.50 bits per heavy atom. The largest absolute Gasteiger partial charge is 0.381 e. The Balaban J connectivity index is 1.59. The Hall–Kier alpha value is -2.76. The number of hydrogen-bond donors (Lipinski definition) is 4. The third kappa shape index (κ3) is 4.16. The normalized spacial score (nSPS) is 20.3. The molecule has 1 fully saturated rings. The summed E-state index contributed by atoms with van der Waals surface area (Å²) in [6, 6.07) is 5.52. The fourth-order valence-electron chi connectivity index (χ4n) is 2.41. The summed E-state index contributed by atoms with van der Waals surface area (Å²) in [7, 11) is 1.91. The number of pyridine rings is 1. The summed E-state index contributed by atoms with van der Waals surface area (Å²) in [5.74, 6) is 0.870. The fourth-order valence-corrected chi connectivity index (χ4v) is 2.41. The average Bonchev–Trinajstić information content (AvgIpc) is 2.64. The first-order valence-corrected chi connectivity index (χ1v) is 7.86. The second-order valence-electron chi connectivity index (χ2n) is 5.56. The van der Waals surface area contributed by atoms with Gasteiger partial charge in [0.25, 0.3) is 0 Å². The van der Waals surface area contributed by atoms with E-state index in [0.29, 0.717) is 5.69 Å². The Labute approximate surface area is 141 Å². The average molecular weight is 327 g/mol. The molecule has 0 radical (unpaired) electrons. The van der Waals surface area contributed by atoms with Crippen molar-refractivity contribution in [1.82, 2.24) is 26.1 Å². The number of ether oxygens (including phenoxy) is 1. The van der Waals surface area contributed by atoms with E-state index in [2.05, 4.69) is 26.4 Å². The molecular weight excluding hydrogens is 306 g/mol. The van der Waals surface area contributed by atoms with Gasteiger partial charge >= 0.3 is 0 Å². The van der Waals surface area contributed by atoms with Crippen LogP contribution in [-0.4, -0.2) is 49.4 Å². The van der Waals surface area contributed by atoms with Gasteiger partial charge in [-0.05, 0) is 12.1 Å². The van der Waals surface area contributed by atoms with E-state index in [9.17, 15) is 0 Å². The molecule has 4 N–H and O–H groups in total. The van der Waals surface area contributed by atoms with Gasteiger partial charge in [0.2, 0.25) is 0 Å². The second-order valence-corrected chi connectivity index (χ2v) is 5.56. The standard InChI is InChI=1S/C16H21N7O/c1-23-16(22-13-3-2-12(7-17)19-8-13)6-14(9-21-23)20-11-15-10-18-4-5-24-15/h2-3,6,8-9,15,18,20-22H,4-5,10-11H2,1H3/t15-/m1/s1. The fraction of sp³-hybridized carbons (Fsp3) is 0.375. The van der Waals surface area contributed by atoms with Crippen LogP contribution in [-0.2, 0) is 4.74 Å². The molecule has 8 heteroatoms. The number of nitrogens with zero attached hydrogens (tertiary/aromatic N) is 3. The zero-order chi connectivity index (χ0) is 16.8. The van der Waals surface area contributed by atoms with Gasteiger partial charge in [-0.15, -0.1) is 0 Å². The first-order chi connectivity index (χ1) is 11.7. The first-order valence-electron chi connectivity index (χ1n) is 7.86. The van der Waals surface area contributed by atoms with Gasteiger partial charge < -0.3 is 26.1 Å². The van der Waals surface area contributed by atoms with Crippen molar-refractivity contribution in [3.63, 3.8) is 0 Å². The number of nitriles is 1. The highest BCUT2D eigenvalue weighted by molar-refractivity contribution is 5.48. The van der Waals surface area contributed by atoms with Gasteiger partial charge in [0, 0.05) is 39.0 Å². The maximum Gasteiger partial charge on any atom is 0.140 e. The van der Waals surface area contributed by atoms with Crippen LogP contribution in [0.1, 0.15) is 5.69 Å². The molecule has 0 aromatic carbocycles. The third-order valence-electron chi connectivity index (χ3n) is 3.76. The lowest BCUT2D eigenvalue weighted by Crippen LogP contribution is -2.44. The molecule has 126 valence electrons. The number of morpholine rings is 1. The number of nitrogens with one attached hydrogen (secondary N) is 4. The molecule has 0 amide bonds. The molecule has 3 rings (SSSR count). The van der Waals surface area contributed by atoms with E-state index < -0.39 is 0 Å². The van der Waals surface area contributed by atoms with Crippen molar-refractivity contribution >= 4 is 5.69 Å². The van der Waals surface area contributed by atoms with Crippen LogP contribution in [0.2, 0.25) is 0 Å². The number of aromatic nitrogens is 1. The molecule has 8 nitrogen and oxygen atoms in total. The predicted octanol–water partition coefficient (Wildman–Crippen LogP) is 0.0760. The molecule has 0 bridgehead atoms. The topological polar surface area (TPSA) is 97.3 Å². The maximum atomic E-state index is 8.80. The van der Waals surface area contributed by atoms with Crippen molar-refractivity contribution in [2.24, 2.45) is 0 Å². The lowest BCUT2D eigenvalue weighted by molar-refractivity contribution is 0.0307. The van der Waals surface area contributed by atoms with E-state index >= 15 is 0 Å². The number of anilines is 1. The Bertz CT molecular complexity index is 656. The summed E-state index contributed by atoms with van der Waals surface area (Å²) >= 11 is 0. The van der Waals surface area contributed by atoms with Crippen molar-refractivity contribution in [2.75, 3.05) is 38.6 Å². The van der Waals surface area contributed by atoms with Crippen LogP contribution < -0.4 is 21.4 Å². The summed E-state index contributed by atoms with van der Waals surface area (Å²) in [6.07, 6.45) is 5.72. The van der Waals surface area contributed by atoms with E-state index in [1.807, 2.05) is 36.5 Å². The minimum atomic E-state index is 0.173. The number of rotatable bonds is 5. The molecule has 1 aromatic heterocycles. The monoisotopic (exact) mass is 327 g/mol. The van der Waals surface area contributed by atoms with Gasteiger partial charge in [-0.1, -0.05) is 0 Å². The Morgan fingerprint density at radius 3 is 3.12 bits per heavy atom. The van der Waals surface area contributed by atoms with Crippen molar-refractivity contribution in [3.8, 4) is 6.07 Å². The van der Waals surface area contributed by atoms with Crippen LogP contribution >= 0.6 is 0 Å². The van der Waals surface area contributed by atoms with E-state index in [4.69, 9.17) is 10.00 Å². The Kier molecular flexibility index (Phi) is 5.15. The van der Waals surface area contributed by atoms with Crippen molar-refractivity contribution in [2.45, 2.75) is 6.10 Å². The van der Waals surface area contributed by atoms with Crippen LogP contribution in [0, 0.1) is 11.3 Å². The number of hydrogen-bond acceptors (Lipinski definition) is 8. The van der Waals surface area contributed by atoms with E-state index in [0.717, 1.165) is 43.4 Å². The summed E-state index contributed by atoms with van der Waals surface area (Å²) in [6.45, 7) is 3.27. The second kappa shape index (κ2) is 7.68. The zero-order valence-electron chi connectivity index (χ0n) is 13.5. The Morgan fingerprint density at radius 2 is 2.42 bits per heavy atom. The summed E-state index contributed by atoms with van der Waals surface area (Å²) in [5.41, 5.74) is 5.34.